The molecule has 0 aliphatic carbocycles. The first-order valence-electron chi connectivity index (χ1n) is 7.66. The van der Waals surface area contributed by atoms with Crippen LogP contribution in [0.1, 0.15) is 43.5 Å². The quantitative estimate of drug-likeness (QED) is 0.900. The highest BCUT2D eigenvalue weighted by molar-refractivity contribution is 5.55. The van der Waals surface area contributed by atoms with Crippen molar-refractivity contribution < 1.29 is 0 Å². The summed E-state index contributed by atoms with van der Waals surface area (Å²) in [5.41, 5.74) is 11.7. The van der Waals surface area contributed by atoms with Crippen molar-refractivity contribution in [3.8, 4) is 0 Å². The van der Waals surface area contributed by atoms with Gasteiger partial charge in [0.25, 0.3) is 0 Å². The predicted molar refractivity (Wildman–Crippen MR) is 89.6 cm³/mol. The molecule has 0 radical (unpaired) electrons. The van der Waals surface area contributed by atoms with E-state index in [4.69, 9.17) is 5.73 Å². The summed E-state index contributed by atoms with van der Waals surface area (Å²) in [4.78, 5) is 2.41. The van der Waals surface area contributed by atoms with E-state index in [0.29, 0.717) is 6.54 Å². The lowest BCUT2D eigenvalue weighted by molar-refractivity contribution is 0.588. The number of rotatable bonds is 2. The van der Waals surface area contributed by atoms with Crippen molar-refractivity contribution in [2.75, 3.05) is 11.4 Å². The van der Waals surface area contributed by atoms with Crippen molar-refractivity contribution in [3.63, 3.8) is 0 Å². The van der Waals surface area contributed by atoms with Crippen LogP contribution in [0.2, 0.25) is 0 Å². The highest BCUT2D eigenvalue weighted by Gasteiger charge is 2.30. The normalized spacial score (nSPS) is 17.9. The van der Waals surface area contributed by atoms with Gasteiger partial charge in [0.15, 0.2) is 0 Å². The summed E-state index contributed by atoms with van der Waals surface area (Å²) in [6.07, 6.45) is 0. The number of hydrogen-bond donors (Lipinski definition) is 1. The second-order valence-electron chi connectivity index (χ2n) is 6.88. The lowest BCUT2D eigenvalue weighted by Crippen LogP contribution is -2.27. The van der Waals surface area contributed by atoms with Gasteiger partial charge in [-0.15, -0.1) is 0 Å². The number of hydrogen-bond acceptors (Lipinski definition) is 2. The predicted octanol–water partition coefficient (Wildman–Crippen LogP) is 4.00. The summed E-state index contributed by atoms with van der Waals surface area (Å²) in [5, 5.41) is 0. The van der Waals surface area contributed by atoms with E-state index < -0.39 is 0 Å². The molecule has 21 heavy (non-hydrogen) atoms. The van der Waals surface area contributed by atoms with Crippen LogP contribution in [-0.2, 0) is 12.0 Å². The molecule has 1 atom stereocenters. The Morgan fingerprint density at radius 1 is 1.10 bits per heavy atom. The van der Waals surface area contributed by atoms with E-state index >= 15 is 0 Å². The second kappa shape index (κ2) is 5.19. The van der Waals surface area contributed by atoms with Crippen molar-refractivity contribution in [2.45, 2.75) is 38.8 Å². The summed E-state index contributed by atoms with van der Waals surface area (Å²) in [6, 6.07) is 17.8. The number of benzene rings is 2. The fraction of sp³-hybridized carbons (Fsp3) is 0.368. The number of fused-ring (bicyclic) bond motifs is 1. The maximum atomic E-state index is 6.09. The molecule has 1 aliphatic heterocycles. The van der Waals surface area contributed by atoms with E-state index in [2.05, 4.69) is 74.2 Å². The third kappa shape index (κ3) is 2.56. The van der Waals surface area contributed by atoms with E-state index in [0.717, 1.165) is 6.54 Å². The molecule has 2 heteroatoms. The minimum atomic E-state index is 0.175. The lowest BCUT2D eigenvalue weighted by atomic mass is 9.85. The van der Waals surface area contributed by atoms with Gasteiger partial charge in [0.1, 0.15) is 0 Å². The Kier molecular flexibility index (Phi) is 3.50. The van der Waals surface area contributed by atoms with Crippen LogP contribution in [0.3, 0.4) is 0 Å². The summed E-state index contributed by atoms with van der Waals surface area (Å²) in [7, 11) is 0. The molecule has 0 saturated heterocycles. The van der Waals surface area contributed by atoms with Crippen molar-refractivity contribution in [1.29, 1.82) is 0 Å². The molecule has 0 bridgehead atoms. The third-order valence-corrected chi connectivity index (χ3v) is 4.40. The van der Waals surface area contributed by atoms with Gasteiger partial charge in [-0.1, -0.05) is 57.2 Å². The Morgan fingerprint density at radius 3 is 2.43 bits per heavy atom. The lowest BCUT2D eigenvalue weighted by Gasteiger charge is -2.26. The van der Waals surface area contributed by atoms with E-state index in [1.807, 2.05) is 0 Å². The summed E-state index contributed by atoms with van der Waals surface area (Å²) >= 11 is 0. The average Bonchev–Trinajstić information content (AvgIpc) is 2.84. The molecule has 2 N–H and O–H groups in total. The van der Waals surface area contributed by atoms with Crippen molar-refractivity contribution in [2.24, 2.45) is 5.73 Å². The van der Waals surface area contributed by atoms with Crippen LogP contribution in [0.4, 0.5) is 5.69 Å². The van der Waals surface area contributed by atoms with Gasteiger partial charge in [-0.2, -0.15) is 0 Å². The Bertz CT molecular complexity index is 626. The molecule has 1 aliphatic rings. The second-order valence-corrected chi connectivity index (χ2v) is 6.88. The first-order valence-corrected chi connectivity index (χ1v) is 7.66. The third-order valence-electron chi connectivity index (χ3n) is 4.40. The zero-order valence-corrected chi connectivity index (χ0v) is 13.1. The molecule has 2 aromatic carbocycles. The number of para-hydroxylation sites is 1. The molecular formula is C19H24N2. The van der Waals surface area contributed by atoms with Crippen molar-refractivity contribution in [3.05, 3.63) is 65.2 Å². The molecule has 1 heterocycles. The highest BCUT2D eigenvalue weighted by Crippen LogP contribution is 2.38. The van der Waals surface area contributed by atoms with Gasteiger partial charge >= 0.3 is 0 Å². The van der Waals surface area contributed by atoms with Gasteiger partial charge in [0.05, 0.1) is 6.04 Å². The first kappa shape index (κ1) is 14.2. The van der Waals surface area contributed by atoms with Gasteiger partial charge < -0.3 is 10.6 Å². The monoisotopic (exact) mass is 280 g/mol. The average molecular weight is 280 g/mol. The molecule has 2 nitrogen and oxygen atoms in total. The van der Waals surface area contributed by atoms with Gasteiger partial charge in [0, 0.05) is 18.8 Å². The van der Waals surface area contributed by atoms with E-state index in [9.17, 15) is 0 Å². The van der Waals surface area contributed by atoms with Gasteiger partial charge in [0.2, 0.25) is 0 Å². The molecule has 0 fully saturated rings. The number of anilines is 1. The molecule has 1 unspecified atom stereocenters. The maximum absolute atomic E-state index is 6.09. The van der Waals surface area contributed by atoms with E-state index in [1.165, 1.54) is 22.4 Å². The highest BCUT2D eigenvalue weighted by atomic mass is 15.2. The topological polar surface area (TPSA) is 29.3 Å². The van der Waals surface area contributed by atoms with Crippen molar-refractivity contribution in [1.82, 2.24) is 0 Å². The Balaban J connectivity index is 2.01. The van der Waals surface area contributed by atoms with Crippen LogP contribution >= 0.6 is 0 Å². The maximum Gasteiger partial charge on any atom is 0.0672 e. The van der Waals surface area contributed by atoms with Gasteiger partial charge in [-0.3, -0.25) is 0 Å². The Hall–Kier alpha value is -1.80. The Labute approximate surface area is 127 Å². The molecule has 3 rings (SSSR count). The summed E-state index contributed by atoms with van der Waals surface area (Å²) in [5.74, 6) is 0. The molecular weight excluding hydrogens is 256 g/mol. The zero-order chi connectivity index (χ0) is 15.0. The van der Waals surface area contributed by atoms with Crippen LogP contribution in [0.5, 0.6) is 0 Å². The number of nitrogens with two attached hydrogens (primary N) is 1. The fourth-order valence-corrected chi connectivity index (χ4v) is 3.12. The van der Waals surface area contributed by atoms with Crippen LogP contribution in [0, 0.1) is 0 Å². The van der Waals surface area contributed by atoms with Gasteiger partial charge in [-0.25, -0.2) is 0 Å². The van der Waals surface area contributed by atoms with Crippen LogP contribution < -0.4 is 10.6 Å². The summed E-state index contributed by atoms with van der Waals surface area (Å²) < 4.78 is 0. The Morgan fingerprint density at radius 2 is 1.81 bits per heavy atom. The standard InChI is InChI=1S/C19H24N2/c1-19(2,3)15-10-9-14-13-21(16-7-5-4-6-8-16)18(12-20)17(14)11-15/h4-11,18H,12-13,20H2,1-3H3. The number of nitrogens with zero attached hydrogens (tertiary/aromatic N) is 1. The summed E-state index contributed by atoms with van der Waals surface area (Å²) in [6.45, 7) is 8.38. The fourth-order valence-electron chi connectivity index (χ4n) is 3.12. The SMILES string of the molecule is CC(C)(C)c1ccc2c(c1)C(CN)N(c1ccccc1)C2. The first-order chi connectivity index (χ1) is 10.0. The van der Waals surface area contributed by atoms with E-state index in [1.54, 1.807) is 0 Å². The van der Waals surface area contributed by atoms with Gasteiger partial charge in [-0.05, 0) is 34.2 Å². The van der Waals surface area contributed by atoms with Crippen LogP contribution in [0.25, 0.3) is 0 Å². The van der Waals surface area contributed by atoms with Crippen molar-refractivity contribution >= 4 is 5.69 Å². The minimum absolute atomic E-state index is 0.175. The molecule has 0 saturated carbocycles. The minimum Gasteiger partial charge on any atom is -0.359 e. The van der Waals surface area contributed by atoms with E-state index in [-0.39, 0.29) is 11.5 Å². The molecule has 2 aromatic rings. The smallest absolute Gasteiger partial charge is 0.0672 e. The molecule has 0 amide bonds. The van der Waals surface area contributed by atoms with Crippen LogP contribution in [-0.4, -0.2) is 6.54 Å². The zero-order valence-electron chi connectivity index (χ0n) is 13.1. The molecule has 0 spiro atoms. The molecule has 0 aromatic heterocycles. The molecule has 110 valence electrons. The largest absolute Gasteiger partial charge is 0.359 e. The van der Waals surface area contributed by atoms with Crippen LogP contribution in [0.15, 0.2) is 48.5 Å².